The first kappa shape index (κ1) is 31.3. The third-order valence-corrected chi connectivity index (χ3v) is 10.6. The van der Waals surface area contributed by atoms with Crippen molar-refractivity contribution in [3.8, 4) is 5.75 Å². The fraction of sp³-hybridized carbons (Fsp3) is 0.324. The molecule has 2 saturated heterocycles. The topological polar surface area (TPSA) is 144 Å². The van der Waals surface area contributed by atoms with Gasteiger partial charge in [0.05, 0.1) is 28.9 Å². The first-order valence-corrected chi connectivity index (χ1v) is 16.1. The number of aliphatic carboxylic acids is 1. The highest BCUT2D eigenvalue weighted by atomic mass is 19.1. The second-order valence-electron chi connectivity index (χ2n) is 13.1. The van der Waals surface area contributed by atoms with Crippen molar-refractivity contribution in [3.63, 3.8) is 0 Å². The molecule has 0 spiro atoms. The van der Waals surface area contributed by atoms with E-state index in [1.807, 2.05) is 25.1 Å². The molecule has 7 rings (SSSR count). The van der Waals surface area contributed by atoms with Gasteiger partial charge in [0.2, 0.25) is 11.8 Å². The van der Waals surface area contributed by atoms with Crippen LogP contribution in [-0.2, 0) is 29.4 Å². The Bertz CT molecular complexity index is 1880. The number of aryl methyl sites for hydroxylation is 1. The number of amides is 4. The molecule has 2 heterocycles. The maximum Gasteiger partial charge on any atom is 0.303 e. The standard InChI is InChI=1S/C37H34FN3O7/c1-20-12-14-22(15-13-20)39-41-34(46)27-19-26-23(16-17-24-30(26)35(47)40(33(24)45)18-6-11-29(42)43)31(25-9-5-10-28(38)32(25)44)37(27,36(41)48)21-7-3-2-4-8-21/h2-5,7-10,12-16,24,26-27,30-31,39,44H,6,11,17-19H2,1H3,(H,42,43). The summed E-state index contributed by atoms with van der Waals surface area (Å²) in [5.41, 5.74) is 4.04. The summed E-state index contributed by atoms with van der Waals surface area (Å²) in [6.45, 7) is 1.87. The number of likely N-dealkylation sites (tertiary alicyclic amines) is 1. The number of hydrazine groups is 1. The third-order valence-electron chi connectivity index (χ3n) is 10.6. The van der Waals surface area contributed by atoms with Gasteiger partial charge in [-0.15, -0.1) is 0 Å². The summed E-state index contributed by atoms with van der Waals surface area (Å²) in [4.78, 5) is 69.5. The number of hydrogen-bond donors (Lipinski definition) is 3. The number of benzene rings is 3. The summed E-state index contributed by atoms with van der Waals surface area (Å²) >= 11 is 0. The second-order valence-corrected chi connectivity index (χ2v) is 13.1. The summed E-state index contributed by atoms with van der Waals surface area (Å²) in [5, 5.41) is 21.4. The number of rotatable bonds is 8. The molecule has 48 heavy (non-hydrogen) atoms. The van der Waals surface area contributed by atoms with Crippen LogP contribution in [0.4, 0.5) is 10.1 Å². The molecule has 10 nitrogen and oxygen atoms in total. The zero-order valence-corrected chi connectivity index (χ0v) is 26.1. The summed E-state index contributed by atoms with van der Waals surface area (Å²) in [6, 6.07) is 20.0. The zero-order chi connectivity index (χ0) is 33.9. The lowest BCUT2D eigenvalue weighted by atomic mass is 9.49. The Hall–Kier alpha value is -5.32. The fourth-order valence-electron chi connectivity index (χ4n) is 8.53. The Morgan fingerprint density at radius 3 is 2.38 bits per heavy atom. The van der Waals surface area contributed by atoms with Crippen LogP contribution in [0.2, 0.25) is 0 Å². The number of fused-ring (bicyclic) bond motifs is 4. The average molecular weight is 652 g/mol. The van der Waals surface area contributed by atoms with Crippen molar-refractivity contribution in [3.05, 3.63) is 107 Å². The van der Waals surface area contributed by atoms with E-state index in [0.29, 0.717) is 16.8 Å². The number of aromatic hydroxyl groups is 1. The van der Waals surface area contributed by atoms with Crippen molar-refractivity contribution in [2.75, 3.05) is 12.0 Å². The van der Waals surface area contributed by atoms with Gasteiger partial charge in [0.25, 0.3) is 11.8 Å². The lowest BCUT2D eigenvalue weighted by Gasteiger charge is -2.50. The highest BCUT2D eigenvalue weighted by Crippen LogP contribution is 2.64. The van der Waals surface area contributed by atoms with Crippen LogP contribution in [0.15, 0.2) is 84.4 Å². The smallest absolute Gasteiger partial charge is 0.303 e. The monoisotopic (exact) mass is 651 g/mol. The van der Waals surface area contributed by atoms with Gasteiger partial charge in [-0.1, -0.05) is 71.8 Å². The summed E-state index contributed by atoms with van der Waals surface area (Å²) in [6.07, 6.45) is 1.92. The number of carboxylic acids is 1. The molecule has 4 aliphatic rings. The molecule has 3 N–H and O–H groups in total. The molecule has 246 valence electrons. The van der Waals surface area contributed by atoms with Gasteiger partial charge in [-0.25, -0.2) is 4.39 Å². The molecule has 2 aliphatic heterocycles. The highest BCUT2D eigenvalue weighted by molar-refractivity contribution is 6.13. The van der Waals surface area contributed by atoms with Crippen molar-refractivity contribution >= 4 is 35.3 Å². The number of phenols is 1. The minimum atomic E-state index is -1.64. The van der Waals surface area contributed by atoms with E-state index in [-0.39, 0.29) is 37.8 Å². The molecular formula is C37H34FN3O7. The van der Waals surface area contributed by atoms with Crippen molar-refractivity contribution in [2.45, 2.75) is 43.9 Å². The number of carboxylic acid groups (broad SMARTS) is 1. The molecule has 3 aromatic rings. The number of carbonyl (C=O) groups excluding carboxylic acids is 4. The average Bonchev–Trinajstić information content (AvgIpc) is 3.44. The quantitative estimate of drug-likeness (QED) is 0.235. The van der Waals surface area contributed by atoms with Crippen LogP contribution in [0.1, 0.15) is 48.3 Å². The molecule has 3 fully saturated rings. The van der Waals surface area contributed by atoms with Crippen LogP contribution in [-0.4, -0.2) is 56.3 Å². The number of hydrogen-bond acceptors (Lipinski definition) is 7. The first-order valence-electron chi connectivity index (χ1n) is 16.1. The van der Waals surface area contributed by atoms with Crippen LogP contribution in [0, 0.1) is 36.4 Å². The Balaban J connectivity index is 1.40. The normalized spacial score (nSPS) is 27.8. The maximum absolute atomic E-state index is 15.2. The molecule has 4 amide bonds. The molecule has 6 unspecified atom stereocenters. The van der Waals surface area contributed by atoms with E-state index < -0.39 is 76.2 Å². The predicted molar refractivity (Wildman–Crippen MR) is 170 cm³/mol. The van der Waals surface area contributed by atoms with Crippen LogP contribution >= 0.6 is 0 Å². The molecule has 0 radical (unpaired) electrons. The summed E-state index contributed by atoms with van der Waals surface area (Å²) < 4.78 is 15.2. The van der Waals surface area contributed by atoms with E-state index in [2.05, 4.69) is 5.43 Å². The van der Waals surface area contributed by atoms with E-state index in [1.165, 1.54) is 12.1 Å². The van der Waals surface area contributed by atoms with Crippen molar-refractivity contribution in [2.24, 2.45) is 23.7 Å². The van der Waals surface area contributed by atoms with Gasteiger partial charge in [0, 0.05) is 24.4 Å². The number of halogens is 1. The van der Waals surface area contributed by atoms with E-state index in [0.717, 1.165) is 21.5 Å². The van der Waals surface area contributed by atoms with Crippen molar-refractivity contribution in [1.82, 2.24) is 9.91 Å². The number of anilines is 1. The second kappa shape index (κ2) is 11.7. The van der Waals surface area contributed by atoms with Crippen LogP contribution in [0.25, 0.3) is 0 Å². The van der Waals surface area contributed by atoms with E-state index in [4.69, 9.17) is 5.11 Å². The van der Waals surface area contributed by atoms with Gasteiger partial charge >= 0.3 is 5.97 Å². The number of para-hydroxylation sites is 1. The van der Waals surface area contributed by atoms with Gasteiger partial charge in [0.15, 0.2) is 11.6 Å². The highest BCUT2D eigenvalue weighted by Gasteiger charge is 2.70. The molecule has 1 saturated carbocycles. The van der Waals surface area contributed by atoms with Crippen molar-refractivity contribution < 1.29 is 38.6 Å². The Kier molecular flexibility index (Phi) is 7.65. The first-order chi connectivity index (χ1) is 23.0. The molecular weight excluding hydrogens is 617 g/mol. The number of nitrogens with zero attached hydrogens (tertiary/aromatic N) is 2. The molecule has 0 aromatic heterocycles. The number of allylic oxidation sites excluding steroid dienone is 2. The van der Waals surface area contributed by atoms with Gasteiger partial charge in [-0.05, 0) is 55.9 Å². The number of imide groups is 2. The van der Waals surface area contributed by atoms with Crippen LogP contribution < -0.4 is 5.43 Å². The van der Waals surface area contributed by atoms with Gasteiger partial charge in [0.1, 0.15) is 0 Å². The predicted octanol–water partition coefficient (Wildman–Crippen LogP) is 4.69. The minimum Gasteiger partial charge on any atom is -0.505 e. The SMILES string of the molecule is Cc1ccc(NN2C(=O)C3CC4C(=CCC5C(=O)N(CCCC(=O)O)C(=O)C54)C(c4cccc(F)c4O)C3(c3ccccc3)C2=O)cc1. The number of carbonyl (C=O) groups is 5. The number of nitrogens with one attached hydrogen (secondary N) is 1. The molecule has 2 aliphatic carbocycles. The lowest BCUT2D eigenvalue weighted by Crippen LogP contribution is -2.53. The Labute approximate surface area is 275 Å². The van der Waals surface area contributed by atoms with Crippen LogP contribution in [0.3, 0.4) is 0 Å². The van der Waals surface area contributed by atoms with Gasteiger partial charge < -0.3 is 10.2 Å². The Morgan fingerprint density at radius 2 is 1.67 bits per heavy atom. The maximum atomic E-state index is 15.2. The van der Waals surface area contributed by atoms with E-state index >= 15 is 9.18 Å². The third kappa shape index (κ3) is 4.63. The van der Waals surface area contributed by atoms with Crippen molar-refractivity contribution in [1.29, 1.82) is 0 Å². The molecule has 11 heteroatoms. The zero-order valence-electron chi connectivity index (χ0n) is 26.1. The molecule has 3 aromatic carbocycles. The molecule has 0 bridgehead atoms. The van der Waals surface area contributed by atoms with E-state index in [1.54, 1.807) is 42.5 Å². The lowest BCUT2D eigenvalue weighted by molar-refractivity contribution is -0.142. The van der Waals surface area contributed by atoms with Gasteiger partial charge in [-0.3, -0.25) is 34.3 Å². The summed E-state index contributed by atoms with van der Waals surface area (Å²) in [5.74, 6) is -8.95. The minimum absolute atomic E-state index is 0.0455. The molecule has 6 atom stereocenters. The number of phenolic OH excluding ortho intramolecular Hbond substituents is 1. The van der Waals surface area contributed by atoms with Crippen LogP contribution in [0.5, 0.6) is 5.75 Å². The summed E-state index contributed by atoms with van der Waals surface area (Å²) in [7, 11) is 0. The van der Waals surface area contributed by atoms with E-state index in [9.17, 15) is 24.3 Å². The fourth-order valence-corrected chi connectivity index (χ4v) is 8.53. The van der Waals surface area contributed by atoms with Gasteiger partial charge in [-0.2, -0.15) is 5.01 Å². The largest absolute Gasteiger partial charge is 0.505 e. The Morgan fingerprint density at radius 1 is 0.938 bits per heavy atom.